The minimum absolute atomic E-state index is 0.0261. The number of aliphatic hydroxyl groups is 1. The summed E-state index contributed by atoms with van der Waals surface area (Å²) in [6.45, 7) is 6.65. The van der Waals surface area contributed by atoms with Crippen LogP contribution < -0.4 is 4.74 Å². The van der Waals surface area contributed by atoms with Crippen molar-refractivity contribution in [3.63, 3.8) is 0 Å². The zero-order valence-electron chi connectivity index (χ0n) is 23.2. The summed E-state index contributed by atoms with van der Waals surface area (Å²) < 4.78 is 37.2. The van der Waals surface area contributed by atoms with Gasteiger partial charge in [0.05, 0.1) is 36.3 Å². The number of carbonyl (C=O) groups excluding carboxylic acids is 2. The van der Waals surface area contributed by atoms with Gasteiger partial charge in [0.25, 0.3) is 11.7 Å². The lowest BCUT2D eigenvalue weighted by molar-refractivity contribution is -0.140. The highest BCUT2D eigenvalue weighted by molar-refractivity contribution is 7.89. The summed E-state index contributed by atoms with van der Waals surface area (Å²) in [6.07, 6.45) is 1.51. The minimum Gasteiger partial charge on any atom is -0.507 e. The summed E-state index contributed by atoms with van der Waals surface area (Å²) in [7, 11) is -0.803. The molecule has 40 heavy (non-hydrogen) atoms. The summed E-state index contributed by atoms with van der Waals surface area (Å²) >= 11 is 0. The Morgan fingerprint density at radius 1 is 1.02 bits per heavy atom. The molecule has 0 aliphatic carbocycles. The second-order valence-electron chi connectivity index (χ2n) is 10.0. The fourth-order valence-electron chi connectivity index (χ4n) is 4.86. The van der Waals surface area contributed by atoms with E-state index in [2.05, 4.69) is 4.90 Å². The van der Waals surface area contributed by atoms with Crippen LogP contribution in [0.4, 0.5) is 0 Å². The largest absolute Gasteiger partial charge is 0.507 e. The van der Waals surface area contributed by atoms with Crippen LogP contribution in [0.25, 0.3) is 5.76 Å². The van der Waals surface area contributed by atoms with Gasteiger partial charge in [-0.2, -0.15) is 0 Å². The molecule has 1 amide bonds. The summed E-state index contributed by atoms with van der Waals surface area (Å²) in [4.78, 5) is 30.4. The standard InChI is InChI=1S/C29H37N3O7S/c1-4-18-39-23-10-6-21(7-11-23)26-25(27(33)22-8-12-24(13-9-22)40(36,37)30(2)3)28(34)29(35)32(26)15-5-14-31-16-19-38-20-17-31/h6-13,26,33H,4-5,14-20H2,1-3H3. The number of ether oxygens (including phenoxy) is 2. The lowest BCUT2D eigenvalue weighted by Gasteiger charge is -2.29. The van der Waals surface area contributed by atoms with Crippen molar-refractivity contribution < 1.29 is 32.6 Å². The van der Waals surface area contributed by atoms with E-state index in [1.54, 1.807) is 24.3 Å². The van der Waals surface area contributed by atoms with Gasteiger partial charge in [-0.3, -0.25) is 14.5 Å². The highest BCUT2D eigenvalue weighted by Crippen LogP contribution is 2.40. The first-order chi connectivity index (χ1) is 19.1. The van der Waals surface area contributed by atoms with Gasteiger partial charge in [0.1, 0.15) is 11.5 Å². The highest BCUT2D eigenvalue weighted by Gasteiger charge is 2.45. The van der Waals surface area contributed by atoms with Crippen LogP contribution in [0.2, 0.25) is 0 Å². The fraction of sp³-hybridized carbons (Fsp3) is 0.448. The average molecular weight is 572 g/mol. The SMILES string of the molecule is CCCOc1ccc(C2C(=C(O)c3ccc(S(=O)(=O)N(C)C)cc3)C(=O)C(=O)N2CCCN2CCOCC2)cc1. The number of ketones is 1. The molecule has 0 bridgehead atoms. The Morgan fingerprint density at radius 3 is 2.27 bits per heavy atom. The number of amides is 1. The molecule has 2 aromatic carbocycles. The van der Waals surface area contributed by atoms with E-state index < -0.39 is 27.8 Å². The summed E-state index contributed by atoms with van der Waals surface area (Å²) in [6, 6.07) is 12.0. The number of Topliss-reactive ketones (excluding diaryl/α,β-unsaturated/α-hetero) is 1. The van der Waals surface area contributed by atoms with Gasteiger partial charge in [-0.25, -0.2) is 12.7 Å². The molecule has 2 heterocycles. The predicted molar refractivity (Wildman–Crippen MR) is 150 cm³/mol. The predicted octanol–water partition coefficient (Wildman–Crippen LogP) is 2.87. The molecule has 2 fully saturated rings. The zero-order chi connectivity index (χ0) is 28.9. The van der Waals surface area contributed by atoms with Crippen LogP contribution in [-0.2, 0) is 24.3 Å². The first kappa shape index (κ1) is 29.7. The van der Waals surface area contributed by atoms with E-state index in [-0.39, 0.29) is 21.8 Å². The normalized spacial score (nSPS) is 19.9. The molecule has 216 valence electrons. The van der Waals surface area contributed by atoms with Crippen LogP contribution in [0, 0.1) is 0 Å². The Kier molecular flexibility index (Phi) is 9.62. The van der Waals surface area contributed by atoms with E-state index in [0.29, 0.717) is 44.1 Å². The summed E-state index contributed by atoms with van der Waals surface area (Å²) in [5.74, 6) is -1.12. The number of rotatable bonds is 11. The van der Waals surface area contributed by atoms with Gasteiger partial charge < -0.3 is 19.5 Å². The number of sulfonamides is 1. The molecular weight excluding hydrogens is 534 g/mol. The molecule has 2 saturated heterocycles. The Balaban J connectivity index is 1.68. The van der Waals surface area contributed by atoms with Gasteiger partial charge in [0, 0.05) is 45.8 Å². The monoisotopic (exact) mass is 571 g/mol. The van der Waals surface area contributed by atoms with Gasteiger partial charge in [0.15, 0.2) is 0 Å². The molecule has 1 atom stereocenters. The quantitative estimate of drug-likeness (QED) is 0.249. The number of likely N-dealkylation sites (tertiary alicyclic amines) is 1. The third-order valence-electron chi connectivity index (χ3n) is 7.09. The van der Waals surface area contributed by atoms with Crippen molar-refractivity contribution >= 4 is 27.5 Å². The number of carbonyl (C=O) groups is 2. The van der Waals surface area contributed by atoms with Gasteiger partial charge in [0.2, 0.25) is 10.0 Å². The minimum atomic E-state index is -3.67. The molecule has 4 rings (SSSR count). The van der Waals surface area contributed by atoms with Crippen LogP contribution in [-0.4, -0.2) is 99.4 Å². The van der Waals surface area contributed by atoms with Crippen LogP contribution in [0.15, 0.2) is 59.0 Å². The first-order valence-electron chi connectivity index (χ1n) is 13.5. The smallest absolute Gasteiger partial charge is 0.295 e. The molecule has 11 heteroatoms. The lowest BCUT2D eigenvalue weighted by Crippen LogP contribution is -2.38. The maximum atomic E-state index is 13.3. The van der Waals surface area contributed by atoms with E-state index in [1.807, 2.05) is 6.92 Å². The van der Waals surface area contributed by atoms with Crippen LogP contribution in [0.5, 0.6) is 5.75 Å². The Morgan fingerprint density at radius 2 is 1.68 bits per heavy atom. The van der Waals surface area contributed by atoms with Crippen molar-refractivity contribution in [3.05, 3.63) is 65.2 Å². The number of benzene rings is 2. The summed E-state index contributed by atoms with van der Waals surface area (Å²) in [5.41, 5.74) is 0.890. The average Bonchev–Trinajstić information content (AvgIpc) is 3.21. The van der Waals surface area contributed by atoms with Crippen molar-refractivity contribution in [2.75, 3.05) is 60.1 Å². The van der Waals surface area contributed by atoms with Crippen molar-refractivity contribution in [2.45, 2.75) is 30.7 Å². The van der Waals surface area contributed by atoms with E-state index in [9.17, 15) is 23.1 Å². The highest BCUT2D eigenvalue weighted by atomic mass is 32.2. The molecule has 2 aromatic rings. The van der Waals surface area contributed by atoms with Crippen LogP contribution in [0.3, 0.4) is 0 Å². The molecule has 2 aliphatic heterocycles. The van der Waals surface area contributed by atoms with E-state index in [0.717, 1.165) is 30.4 Å². The zero-order valence-corrected chi connectivity index (χ0v) is 24.0. The van der Waals surface area contributed by atoms with Gasteiger partial charge in [-0.05, 0) is 54.8 Å². The molecule has 1 N–H and O–H groups in total. The van der Waals surface area contributed by atoms with Gasteiger partial charge >= 0.3 is 0 Å². The maximum absolute atomic E-state index is 13.3. The number of hydrogen-bond acceptors (Lipinski definition) is 8. The van der Waals surface area contributed by atoms with Gasteiger partial charge in [-0.1, -0.05) is 19.1 Å². The lowest BCUT2D eigenvalue weighted by atomic mass is 9.95. The number of morpholine rings is 1. The van der Waals surface area contributed by atoms with E-state index >= 15 is 0 Å². The molecular formula is C29H37N3O7S. The third-order valence-corrected chi connectivity index (χ3v) is 8.92. The molecule has 0 aromatic heterocycles. The third kappa shape index (κ3) is 6.38. The number of nitrogens with zero attached hydrogens (tertiary/aromatic N) is 3. The van der Waals surface area contributed by atoms with Crippen molar-refractivity contribution in [2.24, 2.45) is 0 Å². The molecule has 2 aliphatic rings. The van der Waals surface area contributed by atoms with Crippen molar-refractivity contribution in [1.82, 2.24) is 14.1 Å². The topological polar surface area (TPSA) is 117 Å². The second kappa shape index (κ2) is 12.9. The number of hydrogen-bond donors (Lipinski definition) is 1. The Labute approximate surface area is 235 Å². The van der Waals surface area contributed by atoms with Crippen molar-refractivity contribution in [1.29, 1.82) is 0 Å². The summed E-state index contributed by atoms with van der Waals surface area (Å²) in [5, 5.41) is 11.3. The van der Waals surface area contributed by atoms with Crippen LogP contribution in [0.1, 0.15) is 36.9 Å². The fourth-order valence-corrected chi connectivity index (χ4v) is 5.77. The molecule has 1 unspecified atom stereocenters. The Bertz CT molecular complexity index is 1330. The van der Waals surface area contributed by atoms with Crippen LogP contribution >= 0.6 is 0 Å². The Hall–Kier alpha value is -3.25. The molecule has 10 nitrogen and oxygen atoms in total. The maximum Gasteiger partial charge on any atom is 0.295 e. The molecule has 0 radical (unpaired) electrons. The van der Waals surface area contributed by atoms with E-state index in [1.165, 1.54) is 43.3 Å². The number of aliphatic hydroxyl groups excluding tert-OH is 1. The molecule has 0 saturated carbocycles. The van der Waals surface area contributed by atoms with E-state index in [4.69, 9.17) is 9.47 Å². The van der Waals surface area contributed by atoms with Crippen molar-refractivity contribution in [3.8, 4) is 5.75 Å². The first-order valence-corrected chi connectivity index (χ1v) is 14.9. The molecule has 0 spiro atoms. The second-order valence-corrected chi connectivity index (χ2v) is 12.2. The van der Waals surface area contributed by atoms with Gasteiger partial charge in [-0.15, -0.1) is 0 Å².